The van der Waals surface area contributed by atoms with Crippen molar-refractivity contribution in [1.82, 2.24) is 4.31 Å². The van der Waals surface area contributed by atoms with Crippen LogP contribution >= 0.6 is 11.3 Å². The lowest BCUT2D eigenvalue weighted by molar-refractivity contribution is -0.133. The fourth-order valence-electron chi connectivity index (χ4n) is 2.73. The van der Waals surface area contributed by atoms with E-state index in [1.807, 2.05) is 0 Å². The molecule has 0 radical (unpaired) electrons. The molecule has 27 heavy (non-hydrogen) atoms. The van der Waals surface area contributed by atoms with Crippen molar-refractivity contribution in [3.8, 4) is 5.75 Å². The van der Waals surface area contributed by atoms with Gasteiger partial charge in [-0.05, 0) is 49.2 Å². The summed E-state index contributed by atoms with van der Waals surface area (Å²) in [5, 5.41) is 0. The van der Waals surface area contributed by atoms with Crippen LogP contribution in [0.5, 0.6) is 5.75 Å². The Kier molecular flexibility index (Phi) is 5.93. The lowest BCUT2D eigenvalue weighted by Gasteiger charge is -2.13. The Balaban J connectivity index is 1.62. The lowest BCUT2D eigenvalue weighted by atomic mass is 10.2. The second kappa shape index (κ2) is 8.20. The van der Waals surface area contributed by atoms with Crippen LogP contribution in [0.3, 0.4) is 0 Å². The van der Waals surface area contributed by atoms with E-state index in [9.17, 15) is 18.0 Å². The number of nitrogens with zero attached hydrogens (tertiary/aromatic N) is 1. The number of benzene rings is 1. The number of hydrogen-bond acceptors (Lipinski definition) is 7. The Morgan fingerprint density at radius 2 is 1.74 bits per heavy atom. The zero-order chi connectivity index (χ0) is 19.4. The molecule has 1 aliphatic rings. The summed E-state index contributed by atoms with van der Waals surface area (Å²) in [4.78, 5) is 24.1. The normalized spacial score (nSPS) is 14.9. The van der Waals surface area contributed by atoms with Gasteiger partial charge in [0.1, 0.15) is 9.96 Å². The Morgan fingerprint density at radius 1 is 1.07 bits per heavy atom. The smallest absolute Gasteiger partial charge is 0.337 e. The van der Waals surface area contributed by atoms with Gasteiger partial charge >= 0.3 is 11.9 Å². The third-order valence-corrected chi connectivity index (χ3v) is 7.57. The van der Waals surface area contributed by atoms with Crippen LogP contribution < -0.4 is 4.74 Å². The Morgan fingerprint density at radius 3 is 2.37 bits per heavy atom. The van der Waals surface area contributed by atoms with E-state index < -0.39 is 22.0 Å². The molecule has 1 fully saturated rings. The maximum absolute atomic E-state index is 12.5. The third kappa shape index (κ3) is 4.55. The van der Waals surface area contributed by atoms with E-state index in [1.54, 1.807) is 6.07 Å². The molecule has 9 heteroatoms. The van der Waals surface area contributed by atoms with Crippen LogP contribution in [0, 0.1) is 0 Å². The van der Waals surface area contributed by atoms with Gasteiger partial charge in [0.25, 0.3) is 10.0 Å². The number of hydrogen-bond donors (Lipinski definition) is 0. The van der Waals surface area contributed by atoms with Crippen LogP contribution in [-0.4, -0.2) is 44.9 Å². The molecule has 1 aromatic heterocycles. The van der Waals surface area contributed by atoms with Crippen molar-refractivity contribution in [1.29, 1.82) is 0 Å². The highest BCUT2D eigenvalue weighted by atomic mass is 32.2. The number of sulfonamides is 1. The highest BCUT2D eigenvalue weighted by Gasteiger charge is 2.28. The molecule has 2 heterocycles. The molecule has 1 aromatic carbocycles. The van der Waals surface area contributed by atoms with Crippen LogP contribution in [0.4, 0.5) is 0 Å². The number of carbonyl (C=O) groups is 2. The summed E-state index contributed by atoms with van der Waals surface area (Å²) in [5.41, 5.74) is 0.354. The number of methoxy groups -OCH3 is 1. The standard InChI is InChI=1S/C18H19NO6S2/c1-24-18(21)13-4-6-14(7-5-13)25-16(20)12-15-8-9-17(26-15)27(22,23)19-10-2-3-11-19/h4-9H,2-3,10-12H2,1H3. The Hall–Kier alpha value is -2.23. The van der Waals surface area contributed by atoms with Crippen molar-refractivity contribution in [2.75, 3.05) is 20.2 Å². The molecule has 144 valence electrons. The van der Waals surface area contributed by atoms with E-state index >= 15 is 0 Å². The van der Waals surface area contributed by atoms with Crippen molar-refractivity contribution in [3.63, 3.8) is 0 Å². The van der Waals surface area contributed by atoms with E-state index in [0.717, 1.165) is 24.2 Å². The van der Waals surface area contributed by atoms with Gasteiger partial charge in [0.2, 0.25) is 0 Å². The zero-order valence-electron chi connectivity index (χ0n) is 14.7. The molecule has 0 bridgehead atoms. The van der Waals surface area contributed by atoms with Gasteiger partial charge < -0.3 is 9.47 Å². The predicted octanol–water partition coefficient (Wildman–Crippen LogP) is 2.47. The molecule has 1 saturated heterocycles. The van der Waals surface area contributed by atoms with Crippen molar-refractivity contribution >= 4 is 33.3 Å². The molecule has 0 spiro atoms. The summed E-state index contributed by atoms with van der Waals surface area (Å²) >= 11 is 1.08. The summed E-state index contributed by atoms with van der Waals surface area (Å²) in [5.74, 6) is -0.680. The summed E-state index contributed by atoms with van der Waals surface area (Å²) < 4.78 is 36.6. The molecule has 0 amide bonds. The molecule has 0 saturated carbocycles. The van der Waals surface area contributed by atoms with E-state index in [-0.39, 0.29) is 10.6 Å². The quantitative estimate of drug-likeness (QED) is 0.538. The summed E-state index contributed by atoms with van der Waals surface area (Å²) in [7, 11) is -2.18. The fourth-order valence-corrected chi connectivity index (χ4v) is 5.75. The van der Waals surface area contributed by atoms with Crippen molar-refractivity contribution in [3.05, 3.63) is 46.8 Å². The van der Waals surface area contributed by atoms with Gasteiger partial charge in [0.15, 0.2) is 0 Å². The van der Waals surface area contributed by atoms with Crippen molar-refractivity contribution in [2.24, 2.45) is 0 Å². The number of carbonyl (C=O) groups excluding carboxylic acids is 2. The molecular formula is C18H19NO6S2. The molecule has 0 aliphatic carbocycles. The van der Waals surface area contributed by atoms with Crippen LogP contribution in [0.1, 0.15) is 28.1 Å². The van der Waals surface area contributed by atoms with E-state index in [0.29, 0.717) is 29.3 Å². The number of rotatable bonds is 6. The maximum Gasteiger partial charge on any atom is 0.337 e. The molecule has 1 aliphatic heterocycles. The molecular weight excluding hydrogens is 390 g/mol. The van der Waals surface area contributed by atoms with Crippen LogP contribution in [0.25, 0.3) is 0 Å². The van der Waals surface area contributed by atoms with E-state index in [4.69, 9.17) is 4.74 Å². The van der Waals surface area contributed by atoms with Gasteiger partial charge in [0.05, 0.1) is 19.1 Å². The van der Waals surface area contributed by atoms with Crippen molar-refractivity contribution in [2.45, 2.75) is 23.5 Å². The first kappa shape index (κ1) is 19.5. The highest BCUT2D eigenvalue weighted by Crippen LogP contribution is 2.28. The van der Waals surface area contributed by atoms with Gasteiger partial charge in [-0.3, -0.25) is 4.79 Å². The number of esters is 2. The molecule has 0 atom stereocenters. The lowest BCUT2D eigenvalue weighted by Crippen LogP contribution is -2.27. The average Bonchev–Trinajstić information content (AvgIpc) is 3.34. The van der Waals surface area contributed by atoms with Gasteiger partial charge in [-0.2, -0.15) is 4.31 Å². The minimum Gasteiger partial charge on any atom is -0.465 e. The molecule has 2 aromatic rings. The first-order valence-electron chi connectivity index (χ1n) is 8.38. The fraction of sp³-hybridized carbons (Fsp3) is 0.333. The van der Waals surface area contributed by atoms with Gasteiger partial charge in [-0.25, -0.2) is 13.2 Å². The van der Waals surface area contributed by atoms with E-state index in [1.165, 1.54) is 41.7 Å². The molecule has 3 rings (SSSR count). The molecule has 7 nitrogen and oxygen atoms in total. The number of thiophene rings is 1. The van der Waals surface area contributed by atoms with Gasteiger partial charge in [0, 0.05) is 18.0 Å². The van der Waals surface area contributed by atoms with Crippen LogP contribution in [0.2, 0.25) is 0 Å². The second-order valence-corrected chi connectivity index (χ2v) is 9.33. The first-order valence-corrected chi connectivity index (χ1v) is 10.6. The van der Waals surface area contributed by atoms with Crippen LogP contribution in [0.15, 0.2) is 40.6 Å². The largest absolute Gasteiger partial charge is 0.465 e. The first-order chi connectivity index (χ1) is 12.9. The monoisotopic (exact) mass is 409 g/mol. The number of ether oxygens (including phenoxy) is 2. The Bertz CT molecular complexity index is 927. The summed E-state index contributed by atoms with van der Waals surface area (Å²) in [6.45, 7) is 1.08. The summed E-state index contributed by atoms with van der Waals surface area (Å²) in [6.07, 6.45) is 1.72. The van der Waals surface area contributed by atoms with Crippen molar-refractivity contribution < 1.29 is 27.5 Å². The topological polar surface area (TPSA) is 90.0 Å². The highest BCUT2D eigenvalue weighted by molar-refractivity contribution is 7.91. The minimum absolute atomic E-state index is 0.0288. The zero-order valence-corrected chi connectivity index (χ0v) is 16.3. The maximum atomic E-state index is 12.5. The van der Waals surface area contributed by atoms with Gasteiger partial charge in [-0.15, -0.1) is 11.3 Å². The van der Waals surface area contributed by atoms with Crippen LogP contribution in [-0.2, 0) is 26.0 Å². The summed E-state index contributed by atoms with van der Waals surface area (Å²) in [6, 6.07) is 9.17. The van der Waals surface area contributed by atoms with Gasteiger partial charge in [-0.1, -0.05) is 0 Å². The predicted molar refractivity (Wildman–Crippen MR) is 99.4 cm³/mol. The molecule has 0 unspecified atom stereocenters. The third-order valence-electron chi connectivity index (χ3n) is 4.12. The van der Waals surface area contributed by atoms with E-state index in [2.05, 4.69) is 4.74 Å². The minimum atomic E-state index is -3.47. The second-order valence-electron chi connectivity index (χ2n) is 6.00. The average molecular weight is 409 g/mol. The SMILES string of the molecule is COC(=O)c1ccc(OC(=O)Cc2ccc(S(=O)(=O)N3CCCC3)s2)cc1. The Labute approximate surface area is 161 Å². The molecule has 0 N–H and O–H groups in total.